The van der Waals surface area contributed by atoms with Crippen molar-refractivity contribution in [2.24, 2.45) is 11.8 Å². The zero-order chi connectivity index (χ0) is 13.6. The highest BCUT2D eigenvalue weighted by molar-refractivity contribution is 6.76. The number of nitrogens with zero attached hydrogens (tertiary/aromatic N) is 1. The first-order valence-corrected chi connectivity index (χ1v) is 10.7. The van der Waals surface area contributed by atoms with Gasteiger partial charge in [-0.25, -0.2) is 0 Å². The van der Waals surface area contributed by atoms with E-state index in [1.807, 2.05) is 0 Å². The molecule has 1 saturated carbocycles. The lowest BCUT2D eigenvalue weighted by atomic mass is 9.81. The Kier molecular flexibility index (Phi) is 5.87. The molecule has 0 heterocycles. The van der Waals surface area contributed by atoms with Crippen LogP contribution >= 0.6 is 0 Å². The van der Waals surface area contributed by atoms with Crippen LogP contribution in [0.4, 0.5) is 0 Å². The lowest BCUT2D eigenvalue weighted by Gasteiger charge is -2.24. The van der Waals surface area contributed by atoms with Crippen LogP contribution in [0.25, 0.3) is 0 Å². The fraction of sp³-hybridized carbons (Fsp3) is 0.857. The van der Waals surface area contributed by atoms with Crippen LogP contribution in [-0.4, -0.2) is 20.7 Å². The molecule has 4 heteroatoms. The van der Waals surface area contributed by atoms with E-state index in [2.05, 4.69) is 25.7 Å². The lowest BCUT2D eigenvalue weighted by Crippen LogP contribution is -2.23. The highest BCUT2D eigenvalue weighted by atomic mass is 28.3. The summed E-state index contributed by atoms with van der Waals surface area (Å²) < 4.78 is 5.30. The minimum atomic E-state index is -1.10. The minimum Gasteiger partial charge on any atom is -0.466 e. The molecule has 0 aromatic carbocycles. The van der Waals surface area contributed by atoms with Gasteiger partial charge in [-0.1, -0.05) is 19.6 Å². The standard InChI is InChI=1S/C14H25NO2Si/c1-18(2,3)9-8-17-14(16)10-12-4-6-13(11-15)7-5-12/h12-13H,4-10H2,1-3H3. The summed E-state index contributed by atoms with van der Waals surface area (Å²) in [6, 6.07) is 3.36. The molecule has 1 aliphatic rings. The molecule has 102 valence electrons. The monoisotopic (exact) mass is 267 g/mol. The number of hydrogen-bond acceptors (Lipinski definition) is 3. The molecule has 18 heavy (non-hydrogen) atoms. The van der Waals surface area contributed by atoms with Crippen molar-refractivity contribution in [3.05, 3.63) is 0 Å². The molecule has 0 aromatic rings. The van der Waals surface area contributed by atoms with E-state index < -0.39 is 8.07 Å². The number of carbonyl (C=O) groups excluding carboxylic acids is 1. The first-order valence-electron chi connectivity index (χ1n) is 6.96. The van der Waals surface area contributed by atoms with Gasteiger partial charge in [-0.3, -0.25) is 4.79 Å². The van der Waals surface area contributed by atoms with E-state index in [9.17, 15) is 4.79 Å². The first kappa shape index (κ1) is 15.2. The molecule has 1 rings (SSSR count). The smallest absolute Gasteiger partial charge is 0.306 e. The molecule has 0 bridgehead atoms. The predicted molar refractivity (Wildman–Crippen MR) is 74.8 cm³/mol. The quantitative estimate of drug-likeness (QED) is 0.565. The minimum absolute atomic E-state index is 0.0475. The molecule has 0 atom stereocenters. The maximum Gasteiger partial charge on any atom is 0.306 e. The highest BCUT2D eigenvalue weighted by Crippen LogP contribution is 2.30. The van der Waals surface area contributed by atoms with Crippen molar-refractivity contribution >= 4 is 14.0 Å². The number of carbonyl (C=O) groups is 1. The number of esters is 1. The molecule has 0 aliphatic heterocycles. The maximum absolute atomic E-state index is 11.7. The van der Waals surface area contributed by atoms with Crippen LogP contribution < -0.4 is 0 Å². The molecule has 0 spiro atoms. The Hall–Kier alpha value is -0.823. The average molecular weight is 267 g/mol. The molecule has 0 radical (unpaired) electrons. The Balaban J connectivity index is 2.16. The Morgan fingerprint density at radius 3 is 2.39 bits per heavy atom. The van der Waals surface area contributed by atoms with Gasteiger partial charge in [0.1, 0.15) is 0 Å². The molecule has 0 unspecified atom stereocenters. The number of nitriles is 1. The van der Waals surface area contributed by atoms with Crippen molar-refractivity contribution in [1.29, 1.82) is 5.26 Å². The largest absolute Gasteiger partial charge is 0.466 e. The fourth-order valence-corrected chi connectivity index (χ4v) is 2.98. The fourth-order valence-electron chi connectivity index (χ4n) is 2.26. The highest BCUT2D eigenvalue weighted by Gasteiger charge is 2.23. The van der Waals surface area contributed by atoms with Gasteiger partial charge < -0.3 is 4.74 Å². The lowest BCUT2D eigenvalue weighted by molar-refractivity contribution is -0.144. The topological polar surface area (TPSA) is 50.1 Å². The third-order valence-corrected chi connectivity index (χ3v) is 5.30. The van der Waals surface area contributed by atoms with Crippen molar-refractivity contribution in [3.8, 4) is 6.07 Å². The second-order valence-corrected chi connectivity index (χ2v) is 12.2. The van der Waals surface area contributed by atoms with Gasteiger partial charge in [0, 0.05) is 20.4 Å². The van der Waals surface area contributed by atoms with E-state index in [4.69, 9.17) is 10.00 Å². The summed E-state index contributed by atoms with van der Waals surface area (Å²) in [5.41, 5.74) is 0. The summed E-state index contributed by atoms with van der Waals surface area (Å²) in [5, 5.41) is 8.81. The molecule has 0 N–H and O–H groups in total. The van der Waals surface area contributed by atoms with Crippen LogP contribution in [0.15, 0.2) is 0 Å². The summed E-state index contributed by atoms with van der Waals surface area (Å²) in [4.78, 5) is 11.7. The van der Waals surface area contributed by atoms with Crippen LogP contribution in [0.1, 0.15) is 32.1 Å². The van der Waals surface area contributed by atoms with Gasteiger partial charge in [0.2, 0.25) is 0 Å². The van der Waals surface area contributed by atoms with E-state index in [-0.39, 0.29) is 11.9 Å². The number of rotatable bonds is 5. The molecule has 1 aliphatic carbocycles. The van der Waals surface area contributed by atoms with E-state index in [0.29, 0.717) is 18.9 Å². The summed E-state index contributed by atoms with van der Waals surface area (Å²) in [6.45, 7) is 7.43. The molecule has 1 fully saturated rings. The Morgan fingerprint density at radius 2 is 1.89 bits per heavy atom. The van der Waals surface area contributed by atoms with Crippen LogP contribution in [0, 0.1) is 23.2 Å². The third-order valence-electron chi connectivity index (χ3n) is 3.60. The average Bonchev–Trinajstić information content (AvgIpc) is 2.28. The van der Waals surface area contributed by atoms with Crippen molar-refractivity contribution in [2.75, 3.05) is 6.61 Å². The molecule has 0 amide bonds. The molecule has 3 nitrogen and oxygen atoms in total. The van der Waals surface area contributed by atoms with Crippen molar-refractivity contribution < 1.29 is 9.53 Å². The van der Waals surface area contributed by atoms with Gasteiger partial charge >= 0.3 is 5.97 Å². The van der Waals surface area contributed by atoms with E-state index in [0.717, 1.165) is 31.7 Å². The normalized spacial score (nSPS) is 24.3. The SMILES string of the molecule is C[Si](C)(C)CCOC(=O)CC1CCC(C#N)CC1. The van der Waals surface area contributed by atoms with Crippen molar-refractivity contribution in [2.45, 2.75) is 57.8 Å². The van der Waals surface area contributed by atoms with E-state index in [1.165, 1.54) is 0 Å². The molecule has 0 aromatic heterocycles. The van der Waals surface area contributed by atoms with Crippen molar-refractivity contribution in [1.82, 2.24) is 0 Å². The Labute approximate surface area is 112 Å². The predicted octanol–water partition coefficient (Wildman–Crippen LogP) is 3.59. The maximum atomic E-state index is 11.7. The molecular formula is C14H25NO2Si. The zero-order valence-corrected chi connectivity index (χ0v) is 12.9. The van der Waals surface area contributed by atoms with Crippen LogP contribution in [-0.2, 0) is 9.53 Å². The van der Waals surface area contributed by atoms with Gasteiger partial charge in [0.05, 0.1) is 12.7 Å². The molecule has 0 saturated heterocycles. The first-order chi connectivity index (χ1) is 8.40. The van der Waals surface area contributed by atoms with Crippen LogP contribution in [0.3, 0.4) is 0 Å². The van der Waals surface area contributed by atoms with Gasteiger partial charge in [0.25, 0.3) is 0 Å². The third kappa shape index (κ3) is 6.20. The van der Waals surface area contributed by atoms with Gasteiger partial charge in [-0.05, 0) is 37.6 Å². The summed E-state index contributed by atoms with van der Waals surface area (Å²) >= 11 is 0. The molecular weight excluding hydrogens is 242 g/mol. The van der Waals surface area contributed by atoms with Crippen molar-refractivity contribution in [3.63, 3.8) is 0 Å². The Morgan fingerprint density at radius 1 is 1.28 bits per heavy atom. The summed E-state index contributed by atoms with van der Waals surface area (Å²) in [5.74, 6) is 0.604. The number of ether oxygens (including phenoxy) is 1. The van der Waals surface area contributed by atoms with Gasteiger partial charge in [-0.15, -0.1) is 0 Å². The van der Waals surface area contributed by atoms with Gasteiger partial charge in [0.15, 0.2) is 0 Å². The zero-order valence-electron chi connectivity index (χ0n) is 11.9. The van der Waals surface area contributed by atoms with Crippen LogP contribution in [0.5, 0.6) is 0 Å². The van der Waals surface area contributed by atoms with Gasteiger partial charge in [-0.2, -0.15) is 5.26 Å². The number of hydrogen-bond donors (Lipinski definition) is 0. The van der Waals surface area contributed by atoms with E-state index >= 15 is 0 Å². The second kappa shape index (κ2) is 6.94. The van der Waals surface area contributed by atoms with E-state index in [1.54, 1.807) is 0 Å². The second-order valence-electron chi connectivity index (χ2n) is 6.58. The summed E-state index contributed by atoms with van der Waals surface area (Å²) in [7, 11) is -1.10. The van der Waals surface area contributed by atoms with Crippen LogP contribution in [0.2, 0.25) is 25.7 Å². The Bertz CT molecular complexity index is 309. The summed E-state index contributed by atoms with van der Waals surface area (Å²) in [6.07, 6.45) is 4.44.